The fraction of sp³-hybridized carbons (Fsp3) is 0.111. The molecule has 0 aliphatic rings. The highest BCUT2D eigenvalue weighted by Gasteiger charge is 1.99. The van der Waals surface area contributed by atoms with Crippen LogP contribution in [-0.4, -0.2) is 17.0 Å². The van der Waals surface area contributed by atoms with Crippen LogP contribution in [0.2, 0.25) is 0 Å². The van der Waals surface area contributed by atoms with Crippen molar-refractivity contribution in [1.82, 2.24) is 0 Å². The standard InChI is InChI=1S/C9H11N3O2/c1-6(13)11-8-4-2-7(3-5-8)9(10)12-14/h2-5,14H,1H3,(H2,10,12)(H,11,13). The first-order chi connectivity index (χ1) is 6.63. The summed E-state index contributed by atoms with van der Waals surface area (Å²) in [5.74, 6) is -0.0964. The number of carbonyl (C=O) groups excluding carboxylic acids is 1. The van der Waals surface area contributed by atoms with Gasteiger partial charge in [0, 0.05) is 18.2 Å². The molecule has 74 valence electrons. The molecule has 0 saturated carbocycles. The molecule has 0 aliphatic heterocycles. The first-order valence-corrected chi connectivity index (χ1v) is 3.99. The van der Waals surface area contributed by atoms with E-state index in [2.05, 4.69) is 10.5 Å². The third-order valence-corrected chi connectivity index (χ3v) is 1.61. The average molecular weight is 193 g/mol. The van der Waals surface area contributed by atoms with Crippen LogP contribution in [0.15, 0.2) is 29.4 Å². The molecule has 14 heavy (non-hydrogen) atoms. The summed E-state index contributed by atoms with van der Waals surface area (Å²) >= 11 is 0. The zero-order valence-corrected chi connectivity index (χ0v) is 7.69. The third-order valence-electron chi connectivity index (χ3n) is 1.61. The highest BCUT2D eigenvalue weighted by atomic mass is 16.4. The van der Waals surface area contributed by atoms with Crippen molar-refractivity contribution >= 4 is 17.4 Å². The number of oxime groups is 1. The number of hydrogen-bond donors (Lipinski definition) is 3. The van der Waals surface area contributed by atoms with Crippen LogP contribution in [0.25, 0.3) is 0 Å². The first kappa shape index (κ1) is 10.0. The van der Waals surface area contributed by atoms with Crippen LogP contribution < -0.4 is 11.1 Å². The molecule has 1 aromatic rings. The van der Waals surface area contributed by atoms with E-state index >= 15 is 0 Å². The van der Waals surface area contributed by atoms with Gasteiger partial charge in [-0.3, -0.25) is 4.79 Å². The Morgan fingerprint density at radius 3 is 2.43 bits per heavy atom. The number of amides is 1. The largest absolute Gasteiger partial charge is 0.409 e. The Kier molecular flexibility index (Phi) is 3.06. The van der Waals surface area contributed by atoms with Crippen molar-refractivity contribution in [3.05, 3.63) is 29.8 Å². The Morgan fingerprint density at radius 1 is 1.43 bits per heavy atom. The van der Waals surface area contributed by atoms with E-state index in [-0.39, 0.29) is 11.7 Å². The second-order valence-corrected chi connectivity index (χ2v) is 2.74. The molecular formula is C9H11N3O2. The SMILES string of the molecule is CC(=O)Nc1ccc(/C(N)=N\O)cc1. The van der Waals surface area contributed by atoms with Gasteiger partial charge >= 0.3 is 0 Å². The summed E-state index contributed by atoms with van der Waals surface area (Å²) < 4.78 is 0. The van der Waals surface area contributed by atoms with Gasteiger partial charge in [0.1, 0.15) is 0 Å². The zero-order chi connectivity index (χ0) is 10.6. The number of hydrogen-bond acceptors (Lipinski definition) is 3. The lowest BCUT2D eigenvalue weighted by Crippen LogP contribution is -2.13. The predicted octanol–water partition coefficient (Wildman–Crippen LogP) is 0.739. The van der Waals surface area contributed by atoms with Gasteiger partial charge in [-0.25, -0.2) is 0 Å². The molecule has 0 aromatic heterocycles. The topological polar surface area (TPSA) is 87.7 Å². The lowest BCUT2D eigenvalue weighted by atomic mass is 10.2. The quantitative estimate of drug-likeness (QED) is 0.280. The summed E-state index contributed by atoms with van der Waals surface area (Å²) in [5, 5.41) is 13.9. The molecule has 0 unspecified atom stereocenters. The number of nitrogens with one attached hydrogen (secondary N) is 1. The van der Waals surface area contributed by atoms with Crippen LogP contribution in [0.1, 0.15) is 12.5 Å². The van der Waals surface area contributed by atoms with E-state index in [1.54, 1.807) is 24.3 Å². The number of carbonyl (C=O) groups is 1. The lowest BCUT2D eigenvalue weighted by molar-refractivity contribution is -0.114. The molecular weight excluding hydrogens is 182 g/mol. The number of nitrogens with zero attached hydrogens (tertiary/aromatic N) is 1. The molecule has 5 nitrogen and oxygen atoms in total. The van der Waals surface area contributed by atoms with Gasteiger partial charge in [-0.1, -0.05) is 5.16 Å². The second kappa shape index (κ2) is 4.27. The normalized spacial score (nSPS) is 11.1. The molecule has 0 aliphatic carbocycles. The van der Waals surface area contributed by atoms with Gasteiger partial charge in [0.25, 0.3) is 0 Å². The van der Waals surface area contributed by atoms with E-state index in [0.717, 1.165) is 0 Å². The van der Waals surface area contributed by atoms with Gasteiger partial charge in [0.05, 0.1) is 0 Å². The minimum Gasteiger partial charge on any atom is -0.409 e. The van der Waals surface area contributed by atoms with Gasteiger partial charge in [-0.15, -0.1) is 0 Å². The van der Waals surface area contributed by atoms with Gasteiger partial charge in [-0.2, -0.15) is 0 Å². The maximum atomic E-state index is 10.7. The van der Waals surface area contributed by atoms with Crippen molar-refractivity contribution in [3.63, 3.8) is 0 Å². The van der Waals surface area contributed by atoms with E-state index in [0.29, 0.717) is 11.3 Å². The highest BCUT2D eigenvalue weighted by Crippen LogP contribution is 2.08. The van der Waals surface area contributed by atoms with E-state index in [1.165, 1.54) is 6.92 Å². The fourth-order valence-electron chi connectivity index (χ4n) is 0.985. The molecule has 4 N–H and O–H groups in total. The van der Waals surface area contributed by atoms with Crippen LogP contribution in [0, 0.1) is 0 Å². The summed E-state index contributed by atoms with van der Waals surface area (Å²) in [6.45, 7) is 1.43. The number of rotatable bonds is 2. The van der Waals surface area contributed by atoms with E-state index in [9.17, 15) is 4.79 Å². The highest BCUT2D eigenvalue weighted by molar-refractivity contribution is 5.97. The zero-order valence-electron chi connectivity index (χ0n) is 7.69. The van der Waals surface area contributed by atoms with Crippen molar-refractivity contribution in [1.29, 1.82) is 0 Å². The number of amidine groups is 1. The average Bonchev–Trinajstić information content (AvgIpc) is 2.17. The summed E-state index contributed by atoms with van der Waals surface area (Å²) in [7, 11) is 0. The first-order valence-electron chi connectivity index (χ1n) is 3.99. The minimum absolute atomic E-state index is 0.0411. The predicted molar refractivity (Wildman–Crippen MR) is 53.3 cm³/mol. The Labute approximate surface area is 81.2 Å². The minimum atomic E-state index is -0.137. The molecule has 0 bridgehead atoms. The van der Waals surface area contributed by atoms with Crippen molar-refractivity contribution in [3.8, 4) is 0 Å². The molecule has 1 aromatic carbocycles. The van der Waals surface area contributed by atoms with Crippen LogP contribution in [-0.2, 0) is 4.79 Å². The molecule has 0 radical (unpaired) electrons. The van der Waals surface area contributed by atoms with Crippen LogP contribution >= 0.6 is 0 Å². The van der Waals surface area contributed by atoms with E-state index < -0.39 is 0 Å². The number of anilines is 1. The Hall–Kier alpha value is -2.04. The van der Waals surface area contributed by atoms with Gasteiger partial charge in [0.2, 0.25) is 5.91 Å². The number of nitrogens with two attached hydrogens (primary N) is 1. The van der Waals surface area contributed by atoms with E-state index in [4.69, 9.17) is 10.9 Å². The summed E-state index contributed by atoms with van der Waals surface area (Å²) in [6.07, 6.45) is 0. The summed E-state index contributed by atoms with van der Waals surface area (Å²) in [6, 6.07) is 6.66. The molecule has 1 rings (SSSR count). The van der Waals surface area contributed by atoms with Crippen molar-refractivity contribution in [2.75, 3.05) is 5.32 Å². The monoisotopic (exact) mass is 193 g/mol. The maximum Gasteiger partial charge on any atom is 0.221 e. The smallest absolute Gasteiger partial charge is 0.221 e. The maximum absolute atomic E-state index is 10.7. The van der Waals surface area contributed by atoms with Crippen LogP contribution in [0.5, 0.6) is 0 Å². The molecule has 0 spiro atoms. The van der Waals surface area contributed by atoms with Crippen molar-refractivity contribution in [2.24, 2.45) is 10.9 Å². The Morgan fingerprint density at radius 2 is 2.00 bits per heavy atom. The van der Waals surface area contributed by atoms with Gasteiger partial charge in [0.15, 0.2) is 5.84 Å². The molecule has 1 amide bonds. The second-order valence-electron chi connectivity index (χ2n) is 2.74. The molecule has 5 heteroatoms. The van der Waals surface area contributed by atoms with Crippen molar-refractivity contribution < 1.29 is 10.0 Å². The van der Waals surface area contributed by atoms with Crippen molar-refractivity contribution in [2.45, 2.75) is 6.92 Å². The number of benzene rings is 1. The van der Waals surface area contributed by atoms with Gasteiger partial charge in [-0.05, 0) is 24.3 Å². The third kappa shape index (κ3) is 2.48. The molecule has 0 atom stereocenters. The molecule has 0 heterocycles. The lowest BCUT2D eigenvalue weighted by Gasteiger charge is -2.02. The van der Waals surface area contributed by atoms with Crippen LogP contribution in [0.4, 0.5) is 5.69 Å². The fourth-order valence-corrected chi connectivity index (χ4v) is 0.985. The van der Waals surface area contributed by atoms with E-state index in [1.807, 2.05) is 0 Å². The summed E-state index contributed by atoms with van der Waals surface area (Å²) in [4.78, 5) is 10.7. The Balaban J connectivity index is 2.83. The molecule has 0 fully saturated rings. The van der Waals surface area contributed by atoms with Gasteiger partial charge < -0.3 is 16.3 Å². The van der Waals surface area contributed by atoms with Crippen LogP contribution in [0.3, 0.4) is 0 Å². The summed E-state index contributed by atoms with van der Waals surface area (Å²) in [5.41, 5.74) is 6.63. The Bertz CT molecular complexity index is 357. The molecule has 0 saturated heterocycles.